The Morgan fingerprint density at radius 2 is 1.50 bits per heavy atom. The fourth-order valence-electron chi connectivity index (χ4n) is 5.07. The second kappa shape index (κ2) is 6.84. The first-order valence-electron chi connectivity index (χ1n) is 9.32. The maximum atomic E-state index is 15.0. The lowest BCUT2D eigenvalue weighted by Gasteiger charge is -2.42. The molecule has 2 fully saturated rings. The Morgan fingerprint density at radius 3 is 2.05 bits per heavy atom. The van der Waals surface area contributed by atoms with Crippen LogP contribution in [-0.2, 0) is 0 Å². The van der Waals surface area contributed by atoms with Crippen LogP contribution >= 0.6 is 0 Å². The summed E-state index contributed by atoms with van der Waals surface area (Å²) in [6.45, 7) is 2.30. The second-order valence-corrected chi connectivity index (χ2v) is 7.77. The lowest BCUT2D eigenvalue weighted by atomic mass is 9.65. The molecule has 0 aliphatic heterocycles. The normalized spacial score (nSPS) is 45.9. The van der Waals surface area contributed by atoms with E-state index in [9.17, 15) is 4.39 Å². The smallest absolute Gasteiger partial charge is 0.166 e. The number of alkyl halides is 2. The van der Waals surface area contributed by atoms with E-state index in [4.69, 9.17) is 0 Å². The topological polar surface area (TPSA) is 0 Å². The molecule has 2 atom stereocenters. The second-order valence-electron chi connectivity index (χ2n) is 7.77. The Labute approximate surface area is 134 Å². The molecule has 3 aliphatic rings. The summed E-state index contributed by atoms with van der Waals surface area (Å²) >= 11 is 0. The quantitative estimate of drug-likeness (QED) is 0.584. The summed E-state index contributed by atoms with van der Waals surface area (Å²) in [6.07, 6.45) is 15.4. The van der Waals surface area contributed by atoms with Gasteiger partial charge >= 0.3 is 0 Å². The average Bonchev–Trinajstić information content (AvgIpc) is 2.58. The Hall–Kier alpha value is -0.660. The van der Waals surface area contributed by atoms with Crippen molar-refractivity contribution in [2.24, 2.45) is 23.7 Å². The summed E-state index contributed by atoms with van der Waals surface area (Å²) in [6, 6.07) is 0. The van der Waals surface area contributed by atoms with E-state index in [0.29, 0.717) is 0 Å². The Kier molecular flexibility index (Phi) is 5.04. The number of halogens is 2. The third-order valence-electron chi connectivity index (χ3n) is 6.70. The van der Waals surface area contributed by atoms with Gasteiger partial charge in [-0.1, -0.05) is 38.3 Å². The van der Waals surface area contributed by atoms with Crippen molar-refractivity contribution in [3.05, 3.63) is 24.3 Å². The van der Waals surface area contributed by atoms with E-state index in [0.717, 1.165) is 43.4 Å². The van der Waals surface area contributed by atoms with E-state index in [-0.39, 0.29) is 5.92 Å². The molecule has 0 nitrogen and oxygen atoms in total. The Balaban J connectivity index is 1.53. The highest BCUT2D eigenvalue weighted by atomic mass is 19.2. The molecule has 0 heterocycles. The largest absolute Gasteiger partial charge is 0.239 e. The van der Waals surface area contributed by atoms with Gasteiger partial charge in [-0.2, -0.15) is 0 Å². The van der Waals surface area contributed by atoms with E-state index in [1.165, 1.54) is 44.3 Å². The van der Waals surface area contributed by atoms with Crippen molar-refractivity contribution in [1.29, 1.82) is 0 Å². The molecule has 2 heteroatoms. The van der Waals surface area contributed by atoms with Crippen molar-refractivity contribution in [3.8, 4) is 0 Å². The monoisotopic (exact) mass is 308 g/mol. The van der Waals surface area contributed by atoms with Gasteiger partial charge in [0.25, 0.3) is 0 Å². The summed E-state index contributed by atoms with van der Waals surface area (Å²) in [7, 11) is 0. The summed E-state index contributed by atoms with van der Waals surface area (Å²) in [5.41, 5.74) is -1.75. The molecule has 2 unspecified atom stereocenters. The molecule has 0 N–H and O–H groups in total. The zero-order valence-corrected chi connectivity index (χ0v) is 13.8. The van der Waals surface area contributed by atoms with E-state index in [1.54, 1.807) is 12.2 Å². The molecule has 3 aliphatic carbocycles. The Morgan fingerprint density at radius 1 is 0.909 bits per heavy atom. The maximum Gasteiger partial charge on any atom is 0.166 e. The van der Waals surface area contributed by atoms with Crippen LogP contribution in [0.25, 0.3) is 0 Å². The number of hydrogen-bond donors (Lipinski definition) is 0. The van der Waals surface area contributed by atoms with Crippen LogP contribution in [-0.4, -0.2) is 11.8 Å². The van der Waals surface area contributed by atoms with Crippen LogP contribution in [0.15, 0.2) is 24.3 Å². The molecule has 0 aromatic heterocycles. The molecular weight excluding hydrogens is 278 g/mol. The summed E-state index contributed by atoms with van der Waals surface area (Å²) in [5, 5.41) is 0. The first-order chi connectivity index (χ1) is 10.6. The van der Waals surface area contributed by atoms with Crippen LogP contribution in [0.5, 0.6) is 0 Å². The van der Waals surface area contributed by atoms with Crippen molar-refractivity contribution in [2.45, 2.75) is 76.6 Å². The van der Waals surface area contributed by atoms with Crippen LogP contribution in [0.2, 0.25) is 0 Å². The third-order valence-corrected chi connectivity index (χ3v) is 6.70. The molecule has 124 valence electrons. The van der Waals surface area contributed by atoms with E-state index in [1.807, 2.05) is 0 Å². The van der Waals surface area contributed by atoms with Crippen molar-refractivity contribution in [3.63, 3.8) is 0 Å². The molecule has 0 spiro atoms. The van der Waals surface area contributed by atoms with Gasteiger partial charge in [0.15, 0.2) is 11.8 Å². The zero-order valence-electron chi connectivity index (χ0n) is 13.8. The van der Waals surface area contributed by atoms with Crippen molar-refractivity contribution in [1.82, 2.24) is 0 Å². The highest BCUT2D eigenvalue weighted by molar-refractivity contribution is 5.24. The lowest BCUT2D eigenvalue weighted by molar-refractivity contribution is 0.0222. The van der Waals surface area contributed by atoms with Crippen LogP contribution in [0.1, 0.15) is 64.7 Å². The van der Waals surface area contributed by atoms with Crippen LogP contribution < -0.4 is 0 Å². The fraction of sp³-hybridized carbons (Fsp3) is 0.800. The van der Waals surface area contributed by atoms with Gasteiger partial charge < -0.3 is 0 Å². The van der Waals surface area contributed by atoms with Crippen molar-refractivity contribution < 1.29 is 8.78 Å². The van der Waals surface area contributed by atoms with Crippen molar-refractivity contribution in [2.75, 3.05) is 0 Å². The van der Waals surface area contributed by atoms with Gasteiger partial charge in [0.2, 0.25) is 0 Å². The van der Waals surface area contributed by atoms with Crippen molar-refractivity contribution >= 4 is 0 Å². The van der Waals surface area contributed by atoms with Gasteiger partial charge in [0.1, 0.15) is 0 Å². The molecule has 0 bridgehead atoms. The minimum atomic E-state index is -1.75. The molecule has 0 aromatic carbocycles. The first kappa shape index (κ1) is 16.2. The lowest BCUT2D eigenvalue weighted by Crippen LogP contribution is -2.43. The summed E-state index contributed by atoms with van der Waals surface area (Å²) in [5.74, 6) is 2.42. The zero-order chi connectivity index (χ0) is 15.6. The SMILES string of the molecule is CCC1CCC(C2CCC(C3(F)C=CC=CC3F)CC2)CC1. The predicted molar refractivity (Wildman–Crippen MR) is 88.2 cm³/mol. The number of rotatable bonds is 3. The van der Waals surface area contributed by atoms with E-state index < -0.39 is 11.8 Å². The van der Waals surface area contributed by atoms with Crippen LogP contribution in [0.4, 0.5) is 8.78 Å². The van der Waals surface area contributed by atoms with Gasteiger partial charge in [0.05, 0.1) is 0 Å². The molecule has 0 aromatic rings. The van der Waals surface area contributed by atoms with Gasteiger partial charge in [-0.3, -0.25) is 0 Å². The minimum absolute atomic E-state index is 0.132. The Bertz CT molecular complexity index is 411. The minimum Gasteiger partial charge on any atom is -0.239 e. The third kappa shape index (κ3) is 3.16. The first-order valence-corrected chi connectivity index (χ1v) is 9.32. The molecular formula is C20H30F2. The number of hydrogen-bond acceptors (Lipinski definition) is 0. The predicted octanol–water partition coefficient (Wildman–Crippen LogP) is 6.18. The van der Waals surface area contributed by atoms with Gasteiger partial charge in [-0.15, -0.1) is 0 Å². The highest BCUT2D eigenvalue weighted by Crippen LogP contribution is 2.47. The number of allylic oxidation sites excluding steroid dienone is 4. The molecule has 0 saturated heterocycles. The summed E-state index contributed by atoms with van der Waals surface area (Å²) in [4.78, 5) is 0. The van der Waals surface area contributed by atoms with Gasteiger partial charge in [-0.25, -0.2) is 8.78 Å². The standard InChI is InChI=1S/C20H30F2/c1-2-15-6-8-16(9-7-15)17-10-12-18(13-11-17)20(22)14-4-3-5-19(20)21/h3-5,14-19H,2,6-13H2,1H3. The van der Waals surface area contributed by atoms with E-state index in [2.05, 4.69) is 6.92 Å². The maximum absolute atomic E-state index is 15.0. The van der Waals surface area contributed by atoms with Crippen LogP contribution in [0, 0.1) is 23.7 Å². The molecule has 22 heavy (non-hydrogen) atoms. The van der Waals surface area contributed by atoms with E-state index >= 15 is 4.39 Å². The van der Waals surface area contributed by atoms with Gasteiger partial charge in [-0.05, 0) is 74.3 Å². The highest BCUT2D eigenvalue weighted by Gasteiger charge is 2.46. The average molecular weight is 308 g/mol. The molecule has 0 radical (unpaired) electrons. The fourth-order valence-corrected chi connectivity index (χ4v) is 5.07. The van der Waals surface area contributed by atoms with Gasteiger partial charge in [0, 0.05) is 0 Å². The molecule has 3 rings (SSSR count). The molecule has 0 amide bonds. The summed E-state index contributed by atoms with van der Waals surface area (Å²) < 4.78 is 29.0. The van der Waals surface area contributed by atoms with Crippen LogP contribution in [0.3, 0.4) is 0 Å². The molecule has 2 saturated carbocycles.